The van der Waals surface area contributed by atoms with E-state index in [1.165, 1.54) is 0 Å². The highest BCUT2D eigenvalue weighted by Crippen LogP contribution is 2.15. The Balaban J connectivity index is 1.64. The van der Waals surface area contributed by atoms with Crippen molar-refractivity contribution in [2.45, 2.75) is 38.5 Å². The maximum atomic E-state index is 12.4. The lowest BCUT2D eigenvalue weighted by atomic mass is 10.1. The second-order valence-corrected chi connectivity index (χ2v) is 6.58. The number of hydroxylamine groups is 1. The molecule has 0 fully saturated rings. The average Bonchev–Trinajstić information content (AvgIpc) is 3.14. The Bertz CT molecular complexity index is 634. The van der Waals surface area contributed by atoms with Gasteiger partial charge in [0.05, 0.1) is 6.54 Å². The van der Waals surface area contributed by atoms with Crippen molar-refractivity contribution in [2.24, 2.45) is 4.99 Å². The lowest BCUT2D eigenvalue weighted by Crippen LogP contribution is -2.42. The van der Waals surface area contributed by atoms with Gasteiger partial charge in [-0.25, -0.2) is 10.3 Å². The second kappa shape index (κ2) is 10.8. The first-order valence-electron chi connectivity index (χ1n) is 8.90. The molecule has 1 aromatic carbocycles. The van der Waals surface area contributed by atoms with Crippen molar-refractivity contribution >= 4 is 29.4 Å². The monoisotopic (exact) mass is 380 g/mol. The number of rotatable bonds is 9. The van der Waals surface area contributed by atoms with Gasteiger partial charge in [-0.05, 0) is 37.1 Å². The summed E-state index contributed by atoms with van der Waals surface area (Å²) in [5, 5.41) is 12.0. The van der Waals surface area contributed by atoms with Crippen LogP contribution in [0, 0.1) is 0 Å². The van der Waals surface area contributed by atoms with Gasteiger partial charge in [0.2, 0.25) is 5.91 Å². The number of halogens is 1. The molecule has 0 radical (unpaired) electrons. The fourth-order valence-corrected chi connectivity index (χ4v) is 2.90. The van der Waals surface area contributed by atoms with E-state index in [4.69, 9.17) is 16.8 Å². The highest BCUT2D eigenvalue weighted by molar-refractivity contribution is 6.30. The first-order chi connectivity index (χ1) is 12.6. The standard InChI is InChI=1S/C18H25ClN4O3/c19-15-9-7-14(8-10-15)17-20-12-13-23(17)18(25)21-11-5-3-1-2-4-6-16(24)22-26/h7-10,26H,1-6,11-13H2,(H,21,25)(H,22,24). The normalized spacial score (nSPS) is 13.5. The van der Waals surface area contributed by atoms with E-state index in [0.717, 1.165) is 37.7 Å². The third kappa shape index (κ3) is 6.31. The minimum Gasteiger partial charge on any atom is -0.338 e. The quantitative estimate of drug-likeness (QED) is 0.349. The zero-order valence-corrected chi connectivity index (χ0v) is 15.5. The molecule has 1 aliphatic rings. The maximum absolute atomic E-state index is 12.4. The van der Waals surface area contributed by atoms with Gasteiger partial charge in [-0.1, -0.05) is 30.9 Å². The number of carbonyl (C=O) groups is 2. The topological polar surface area (TPSA) is 94.0 Å². The van der Waals surface area contributed by atoms with Crippen molar-refractivity contribution in [2.75, 3.05) is 19.6 Å². The third-order valence-corrected chi connectivity index (χ3v) is 4.42. The first-order valence-corrected chi connectivity index (χ1v) is 9.28. The molecule has 3 N–H and O–H groups in total. The Morgan fingerprint density at radius 1 is 1.12 bits per heavy atom. The molecule has 0 atom stereocenters. The van der Waals surface area contributed by atoms with Gasteiger partial charge < -0.3 is 5.32 Å². The fraction of sp³-hybridized carbons (Fsp3) is 0.500. The lowest BCUT2D eigenvalue weighted by molar-refractivity contribution is -0.129. The number of nitrogens with zero attached hydrogens (tertiary/aromatic N) is 2. The summed E-state index contributed by atoms with van der Waals surface area (Å²) in [6.45, 7) is 1.80. The summed E-state index contributed by atoms with van der Waals surface area (Å²) in [4.78, 5) is 29.3. The summed E-state index contributed by atoms with van der Waals surface area (Å²) in [6.07, 6.45) is 4.90. The number of aliphatic imine (C=N–C) groups is 1. The van der Waals surface area contributed by atoms with Crippen LogP contribution >= 0.6 is 11.6 Å². The van der Waals surface area contributed by atoms with Gasteiger partial charge >= 0.3 is 6.03 Å². The smallest absolute Gasteiger partial charge is 0.323 e. The van der Waals surface area contributed by atoms with Crippen LogP contribution in [0.2, 0.25) is 5.02 Å². The van der Waals surface area contributed by atoms with Crippen molar-refractivity contribution in [3.05, 3.63) is 34.9 Å². The van der Waals surface area contributed by atoms with E-state index < -0.39 is 0 Å². The fourth-order valence-electron chi connectivity index (χ4n) is 2.78. The van der Waals surface area contributed by atoms with Crippen LogP contribution < -0.4 is 10.8 Å². The summed E-state index contributed by atoms with van der Waals surface area (Å²) in [7, 11) is 0. The summed E-state index contributed by atoms with van der Waals surface area (Å²) >= 11 is 5.91. The second-order valence-electron chi connectivity index (χ2n) is 6.15. The molecule has 142 valence electrons. The largest absolute Gasteiger partial charge is 0.338 e. The van der Waals surface area contributed by atoms with Gasteiger partial charge in [0.15, 0.2) is 0 Å². The number of benzene rings is 1. The Labute approximate surface area is 158 Å². The number of amides is 3. The SMILES string of the molecule is O=C(CCCCCCCNC(=O)N1CCN=C1c1ccc(Cl)cc1)NO. The van der Waals surface area contributed by atoms with E-state index in [1.54, 1.807) is 22.5 Å². The molecule has 1 aromatic rings. The van der Waals surface area contributed by atoms with Crippen LogP contribution in [0.3, 0.4) is 0 Å². The van der Waals surface area contributed by atoms with Gasteiger partial charge in [-0.15, -0.1) is 0 Å². The molecule has 2 rings (SSSR count). The number of hydrogen-bond acceptors (Lipinski definition) is 4. The molecule has 1 aliphatic heterocycles. The molecular formula is C18H25ClN4O3. The van der Waals surface area contributed by atoms with E-state index >= 15 is 0 Å². The number of nitrogens with one attached hydrogen (secondary N) is 2. The van der Waals surface area contributed by atoms with Crippen molar-refractivity contribution in [3.63, 3.8) is 0 Å². The molecule has 26 heavy (non-hydrogen) atoms. The van der Waals surface area contributed by atoms with Gasteiger partial charge in [0, 0.05) is 30.1 Å². The molecule has 0 aliphatic carbocycles. The third-order valence-electron chi connectivity index (χ3n) is 4.17. The van der Waals surface area contributed by atoms with Crippen molar-refractivity contribution < 1.29 is 14.8 Å². The number of unbranched alkanes of at least 4 members (excludes halogenated alkanes) is 4. The van der Waals surface area contributed by atoms with Crippen molar-refractivity contribution in [3.8, 4) is 0 Å². The number of hydrogen-bond donors (Lipinski definition) is 3. The minimum absolute atomic E-state index is 0.129. The predicted molar refractivity (Wildman–Crippen MR) is 101 cm³/mol. The van der Waals surface area contributed by atoms with E-state index in [2.05, 4.69) is 10.3 Å². The molecule has 0 saturated heterocycles. The summed E-state index contributed by atoms with van der Waals surface area (Å²) in [5.41, 5.74) is 2.51. The van der Waals surface area contributed by atoms with Crippen LogP contribution in [0.5, 0.6) is 0 Å². The Kier molecular flexibility index (Phi) is 8.37. The van der Waals surface area contributed by atoms with Crippen LogP contribution in [0.4, 0.5) is 4.79 Å². The highest BCUT2D eigenvalue weighted by Gasteiger charge is 2.24. The number of urea groups is 1. The zero-order valence-electron chi connectivity index (χ0n) is 14.7. The predicted octanol–water partition coefficient (Wildman–Crippen LogP) is 2.96. The molecule has 0 unspecified atom stereocenters. The van der Waals surface area contributed by atoms with Gasteiger partial charge in [-0.3, -0.25) is 19.9 Å². The summed E-state index contributed by atoms with van der Waals surface area (Å²) < 4.78 is 0. The van der Waals surface area contributed by atoms with Gasteiger partial charge in [0.1, 0.15) is 5.84 Å². The van der Waals surface area contributed by atoms with Crippen LogP contribution in [0.15, 0.2) is 29.3 Å². The Morgan fingerprint density at radius 3 is 2.54 bits per heavy atom. The Morgan fingerprint density at radius 2 is 1.81 bits per heavy atom. The van der Waals surface area contributed by atoms with E-state index in [1.807, 2.05) is 12.1 Å². The molecule has 0 bridgehead atoms. The van der Waals surface area contributed by atoms with Crippen LogP contribution in [-0.2, 0) is 4.79 Å². The van der Waals surface area contributed by atoms with Crippen LogP contribution in [0.1, 0.15) is 44.1 Å². The molecule has 0 saturated carbocycles. The van der Waals surface area contributed by atoms with E-state index in [0.29, 0.717) is 36.9 Å². The van der Waals surface area contributed by atoms with Crippen molar-refractivity contribution in [1.29, 1.82) is 0 Å². The lowest BCUT2D eigenvalue weighted by Gasteiger charge is -2.19. The zero-order chi connectivity index (χ0) is 18.8. The van der Waals surface area contributed by atoms with Gasteiger partial charge in [0.25, 0.3) is 0 Å². The van der Waals surface area contributed by atoms with E-state index in [-0.39, 0.29) is 11.9 Å². The van der Waals surface area contributed by atoms with Crippen LogP contribution in [0.25, 0.3) is 0 Å². The Hall–Kier alpha value is -2.12. The van der Waals surface area contributed by atoms with E-state index in [9.17, 15) is 9.59 Å². The molecular weight excluding hydrogens is 356 g/mol. The van der Waals surface area contributed by atoms with Crippen molar-refractivity contribution in [1.82, 2.24) is 15.7 Å². The van der Waals surface area contributed by atoms with Gasteiger partial charge in [-0.2, -0.15) is 0 Å². The molecule has 8 heteroatoms. The van der Waals surface area contributed by atoms with Crippen LogP contribution in [-0.4, -0.2) is 47.5 Å². The molecule has 3 amide bonds. The average molecular weight is 381 g/mol. The maximum Gasteiger partial charge on any atom is 0.323 e. The molecule has 7 nitrogen and oxygen atoms in total. The number of amidine groups is 1. The first kappa shape index (κ1) is 20.2. The minimum atomic E-state index is -0.346. The molecule has 0 aromatic heterocycles. The summed E-state index contributed by atoms with van der Waals surface area (Å²) in [6, 6.07) is 7.18. The number of carbonyl (C=O) groups excluding carboxylic acids is 2. The molecule has 1 heterocycles. The highest BCUT2D eigenvalue weighted by atomic mass is 35.5. The molecule has 0 spiro atoms. The summed E-state index contributed by atoms with van der Waals surface area (Å²) in [5.74, 6) is 0.336.